The van der Waals surface area contributed by atoms with E-state index >= 15 is 0 Å². The number of aryl methyl sites for hydroxylation is 3. The van der Waals surface area contributed by atoms with Crippen molar-refractivity contribution in [2.45, 2.75) is 57.5 Å². The Bertz CT molecular complexity index is 1070. The molecule has 32 heavy (non-hydrogen) atoms. The molecule has 6 nitrogen and oxygen atoms in total. The summed E-state index contributed by atoms with van der Waals surface area (Å²) in [6.45, 7) is 11.0. The predicted octanol–water partition coefficient (Wildman–Crippen LogP) is 4.91. The lowest BCUT2D eigenvalue weighted by Crippen LogP contribution is -2.24. The molecule has 1 amide bonds. The zero-order valence-corrected chi connectivity index (χ0v) is 20.1. The van der Waals surface area contributed by atoms with Crippen LogP contribution < -0.4 is 5.32 Å². The van der Waals surface area contributed by atoms with Crippen molar-refractivity contribution in [2.75, 3.05) is 18.4 Å². The normalized spacial score (nSPS) is 15.1. The van der Waals surface area contributed by atoms with Gasteiger partial charge in [0.15, 0.2) is 11.0 Å². The maximum atomic E-state index is 13.0. The number of carbonyl (C=O) groups excluding carboxylic acids is 1. The number of hydrogen-bond acceptors (Lipinski definition) is 5. The third-order valence-corrected chi connectivity index (χ3v) is 6.90. The SMILES string of the molecule is Cc1cc(C)c(NC(=O)C(C)Sc2nnc(CN3CCCC3)n2-c2ccccc2)c(C)c1. The van der Waals surface area contributed by atoms with E-state index in [0.29, 0.717) is 0 Å². The van der Waals surface area contributed by atoms with Crippen LogP contribution in [0.4, 0.5) is 5.69 Å². The maximum Gasteiger partial charge on any atom is 0.237 e. The molecule has 2 aromatic carbocycles. The van der Waals surface area contributed by atoms with Crippen LogP contribution in [0.15, 0.2) is 47.6 Å². The zero-order valence-electron chi connectivity index (χ0n) is 19.3. The summed E-state index contributed by atoms with van der Waals surface area (Å²) >= 11 is 1.44. The van der Waals surface area contributed by atoms with E-state index in [-0.39, 0.29) is 11.2 Å². The van der Waals surface area contributed by atoms with E-state index < -0.39 is 0 Å². The van der Waals surface area contributed by atoms with Gasteiger partial charge in [-0.2, -0.15) is 0 Å². The van der Waals surface area contributed by atoms with Crippen molar-refractivity contribution in [1.29, 1.82) is 0 Å². The molecule has 1 fully saturated rings. The molecule has 1 aromatic heterocycles. The summed E-state index contributed by atoms with van der Waals surface area (Å²) < 4.78 is 2.09. The molecule has 1 N–H and O–H groups in total. The van der Waals surface area contributed by atoms with Gasteiger partial charge in [-0.1, -0.05) is 47.7 Å². The molecule has 3 aromatic rings. The Morgan fingerprint density at radius 3 is 2.38 bits per heavy atom. The van der Waals surface area contributed by atoms with Gasteiger partial charge in [0.25, 0.3) is 0 Å². The van der Waals surface area contributed by atoms with E-state index in [9.17, 15) is 4.79 Å². The number of amides is 1. The summed E-state index contributed by atoms with van der Waals surface area (Å²) in [5.74, 6) is 0.882. The number of hydrogen-bond donors (Lipinski definition) is 1. The molecular formula is C25H31N5OS. The maximum absolute atomic E-state index is 13.0. The highest BCUT2D eigenvalue weighted by molar-refractivity contribution is 8.00. The molecule has 2 heterocycles. The van der Waals surface area contributed by atoms with Crippen LogP contribution in [0.3, 0.4) is 0 Å². The van der Waals surface area contributed by atoms with Crippen molar-refractivity contribution >= 4 is 23.4 Å². The molecule has 4 rings (SSSR count). The lowest BCUT2D eigenvalue weighted by atomic mass is 10.1. The highest BCUT2D eigenvalue weighted by Gasteiger charge is 2.23. The van der Waals surface area contributed by atoms with E-state index in [0.717, 1.165) is 53.1 Å². The first-order valence-corrected chi connectivity index (χ1v) is 12.1. The number of rotatable bonds is 7. The average Bonchev–Trinajstić information content (AvgIpc) is 3.41. The van der Waals surface area contributed by atoms with Gasteiger partial charge in [0.1, 0.15) is 0 Å². The fourth-order valence-electron chi connectivity index (χ4n) is 4.27. The minimum absolute atomic E-state index is 0.0336. The quantitative estimate of drug-likeness (QED) is 0.520. The third-order valence-electron chi connectivity index (χ3n) is 5.86. The number of anilines is 1. The van der Waals surface area contributed by atoms with Crippen molar-refractivity contribution in [2.24, 2.45) is 0 Å². The van der Waals surface area contributed by atoms with E-state index in [4.69, 9.17) is 0 Å². The smallest absolute Gasteiger partial charge is 0.237 e. The zero-order chi connectivity index (χ0) is 22.7. The Labute approximate surface area is 194 Å². The lowest BCUT2D eigenvalue weighted by molar-refractivity contribution is -0.115. The number of carbonyl (C=O) groups is 1. The second-order valence-corrected chi connectivity index (χ2v) is 9.88. The van der Waals surface area contributed by atoms with Gasteiger partial charge in [0.2, 0.25) is 5.91 Å². The van der Waals surface area contributed by atoms with Crippen LogP contribution in [-0.2, 0) is 11.3 Å². The summed E-state index contributed by atoms with van der Waals surface area (Å²) in [5, 5.41) is 12.5. The minimum Gasteiger partial charge on any atom is -0.325 e. The minimum atomic E-state index is -0.318. The van der Waals surface area contributed by atoms with Gasteiger partial charge in [-0.25, -0.2) is 0 Å². The molecule has 7 heteroatoms. The summed E-state index contributed by atoms with van der Waals surface area (Å²) in [7, 11) is 0. The molecular weight excluding hydrogens is 418 g/mol. The first kappa shape index (κ1) is 22.6. The van der Waals surface area contributed by atoms with Gasteiger partial charge < -0.3 is 5.32 Å². The van der Waals surface area contributed by atoms with Gasteiger partial charge in [0.05, 0.1) is 11.8 Å². The number of benzene rings is 2. The number of nitrogens with zero attached hydrogens (tertiary/aromatic N) is 4. The molecule has 1 aliphatic heterocycles. The highest BCUT2D eigenvalue weighted by Crippen LogP contribution is 2.29. The molecule has 0 spiro atoms. The Morgan fingerprint density at radius 1 is 1.06 bits per heavy atom. The number of thioether (sulfide) groups is 1. The standard InChI is InChI=1S/C25H31N5OS/c1-17-14-18(2)23(19(3)15-17)26-24(31)20(4)32-25-28-27-22(16-29-12-8-9-13-29)30(25)21-10-6-5-7-11-21/h5-7,10-11,14-15,20H,8-9,12-13,16H2,1-4H3,(H,26,31). The van der Waals surface area contributed by atoms with Gasteiger partial charge in [-0.15, -0.1) is 10.2 Å². The Kier molecular flexibility index (Phi) is 6.96. The van der Waals surface area contributed by atoms with Crippen molar-refractivity contribution in [3.63, 3.8) is 0 Å². The van der Waals surface area contributed by atoms with Crippen molar-refractivity contribution < 1.29 is 4.79 Å². The molecule has 0 aliphatic carbocycles. The van der Waals surface area contributed by atoms with Crippen LogP contribution in [0.25, 0.3) is 5.69 Å². The molecule has 0 radical (unpaired) electrons. The van der Waals surface area contributed by atoms with Gasteiger partial charge in [-0.05, 0) is 76.9 Å². The third kappa shape index (κ3) is 5.05. The fourth-order valence-corrected chi connectivity index (χ4v) is 5.16. The lowest BCUT2D eigenvalue weighted by Gasteiger charge is -2.18. The van der Waals surface area contributed by atoms with Crippen molar-refractivity contribution in [3.8, 4) is 5.69 Å². The molecule has 1 unspecified atom stereocenters. The van der Waals surface area contributed by atoms with Crippen LogP contribution in [0, 0.1) is 20.8 Å². The number of likely N-dealkylation sites (tertiary alicyclic amines) is 1. The van der Waals surface area contributed by atoms with Gasteiger partial charge in [0, 0.05) is 11.4 Å². The van der Waals surface area contributed by atoms with Crippen LogP contribution in [-0.4, -0.2) is 43.9 Å². The predicted molar refractivity (Wildman–Crippen MR) is 130 cm³/mol. The van der Waals surface area contributed by atoms with E-state index in [1.54, 1.807) is 0 Å². The van der Waals surface area contributed by atoms with E-state index in [2.05, 4.69) is 56.2 Å². The molecule has 0 bridgehead atoms. The summed E-state index contributed by atoms with van der Waals surface area (Å²) in [5.41, 5.74) is 5.27. The van der Waals surface area contributed by atoms with E-state index in [1.807, 2.05) is 39.0 Å². The molecule has 1 saturated heterocycles. The fraction of sp³-hybridized carbons (Fsp3) is 0.400. The second-order valence-electron chi connectivity index (χ2n) is 8.58. The average molecular weight is 450 g/mol. The van der Waals surface area contributed by atoms with Crippen LogP contribution in [0.1, 0.15) is 42.3 Å². The Balaban J connectivity index is 1.55. The molecule has 168 valence electrons. The highest BCUT2D eigenvalue weighted by atomic mass is 32.2. The number of nitrogens with one attached hydrogen (secondary N) is 1. The largest absolute Gasteiger partial charge is 0.325 e. The first-order valence-electron chi connectivity index (χ1n) is 11.2. The number of para-hydroxylation sites is 1. The summed E-state index contributed by atoms with van der Waals surface area (Å²) in [6.07, 6.45) is 2.46. The van der Waals surface area contributed by atoms with Crippen molar-refractivity contribution in [3.05, 3.63) is 65.0 Å². The molecule has 1 aliphatic rings. The van der Waals surface area contributed by atoms with Gasteiger partial charge >= 0.3 is 0 Å². The van der Waals surface area contributed by atoms with Crippen LogP contribution in [0.2, 0.25) is 0 Å². The van der Waals surface area contributed by atoms with Crippen LogP contribution >= 0.6 is 11.8 Å². The van der Waals surface area contributed by atoms with E-state index in [1.165, 1.54) is 30.2 Å². The van der Waals surface area contributed by atoms with Gasteiger partial charge in [-0.3, -0.25) is 14.3 Å². The number of aromatic nitrogens is 3. The monoisotopic (exact) mass is 449 g/mol. The van der Waals surface area contributed by atoms with Crippen LogP contribution in [0.5, 0.6) is 0 Å². The molecule has 1 atom stereocenters. The Hall–Kier alpha value is -2.64. The summed E-state index contributed by atoms with van der Waals surface area (Å²) in [4.78, 5) is 15.5. The van der Waals surface area contributed by atoms with Crippen molar-refractivity contribution in [1.82, 2.24) is 19.7 Å². The topological polar surface area (TPSA) is 63.1 Å². The molecule has 0 saturated carbocycles. The Morgan fingerprint density at radius 2 is 1.72 bits per heavy atom. The second kappa shape index (κ2) is 9.88. The summed E-state index contributed by atoms with van der Waals surface area (Å²) in [6, 6.07) is 14.3. The first-order chi connectivity index (χ1) is 15.4.